The topological polar surface area (TPSA) is 44.8 Å². The molecule has 0 unspecified atom stereocenters. The summed E-state index contributed by atoms with van der Waals surface area (Å²) in [6.07, 6.45) is -4.40. The predicted molar refractivity (Wildman–Crippen MR) is 65.6 cm³/mol. The molecule has 0 aliphatic rings. The van der Waals surface area contributed by atoms with E-state index in [0.717, 1.165) is 16.8 Å². The second kappa shape index (κ2) is 5.30. The van der Waals surface area contributed by atoms with Crippen molar-refractivity contribution in [2.45, 2.75) is 26.2 Å². The molecule has 0 saturated heterocycles. The van der Waals surface area contributed by atoms with Crippen LogP contribution in [0.25, 0.3) is 0 Å². The lowest BCUT2D eigenvalue weighted by Crippen LogP contribution is -2.17. The van der Waals surface area contributed by atoms with Crippen LogP contribution in [0.3, 0.4) is 0 Å². The highest BCUT2D eigenvalue weighted by Gasteiger charge is 2.33. The lowest BCUT2D eigenvalue weighted by atomic mass is 10.3. The second-order valence-electron chi connectivity index (χ2n) is 4.31. The first kappa shape index (κ1) is 14.0. The van der Waals surface area contributed by atoms with E-state index < -0.39 is 11.9 Å². The standard InChI is InChI=1S/C11H13F3N4S/c1-7-15-9(6-19-7)5-18(2)4-8-3-10(17-16-8)11(12,13)14/h3,6H,4-5H2,1-2H3,(H,16,17). The van der Waals surface area contributed by atoms with Crippen LogP contribution in [0.5, 0.6) is 0 Å². The number of rotatable bonds is 4. The Balaban J connectivity index is 1.95. The largest absolute Gasteiger partial charge is 0.435 e. The SMILES string of the molecule is Cc1nc(CN(C)Cc2cc(C(F)(F)F)n[nH]2)cs1. The zero-order valence-corrected chi connectivity index (χ0v) is 11.3. The van der Waals surface area contributed by atoms with Crippen LogP contribution in [-0.4, -0.2) is 27.1 Å². The molecule has 8 heteroatoms. The van der Waals surface area contributed by atoms with Gasteiger partial charge >= 0.3 is 6.18 Å². The number of hydrogen-bond acceptors (Lipinski definition) is 4. The van der Waals surface area contributed by atoms with Crippen LogP contribution in [-0.2, 0) is 19.3 Å². The summed E-state index contributed by atoms with van der Waals surface area (Å²) in [4.78, 5) is 6.18. The van der Waals surface area contributed by atoms with Gasteiger partial charge in [-0.15, -0.1) is 11.3 Å². The van der Waals surface area contributed by atoms with Crippen LogP contribution < -0.4 is 0 Å². The fourth-order valence-electron chi connectivity index (χ4n) is 1.69. The number of aromatic amines is 1. The number of H-pyrrole nitrogens is 1. The minimum atomic E-state index is -4.40. The van der Waals surface area contributed by atoms with Gasteiger partial charge in [0.1, 0.15) is 0 Å². The number of halogens is 3. The van der Waals surface area contributed by atoms with Gasteiger partial charge in [0.25, 0.3) is 0 Å². The highest BCUT2D eigenvalue weighted by molar-refractivity contribution is 7.09. The maximum absolute atomic E-state index is 12.4. The molecule has 0 radical (unpaired) electrons. The van der Waals surface area contributed by atoms with E-state index in [4.69, 9.17) is 0 Å². The van der Waals surface area contributed by atoms with Crippen molar-refractivity contribution >= 4 is 11.3 Å². The van der Waals surface area contributed by atoms with Gasteiger partial charge in [-0.3, -0.25) is 10.00 Å². The highest BCUT2D eigenvalue weighted by Crippen LogP contribution is 2.27. The molecule has 2 aromatic rings. The van der Waals surface area contributed by atoms with Crippen LogP contribution in [0, 0.1) is 6.92 Å². The van der Waals surface area contributed by atoms with Crippen molar-refractivity contribution in [2.75, 3.05) is 7.05 Å². The summed E-state index contributed by atoms with van der Waals surface area (Å²) in [7, 11) is 1.82. The third-order valence-electron chi connectivity index (χ3n) is 2.46. The number of nitrogens with one attached hydrogen (secondary N) is 1. The molecule has 2 rings (SSSR count). The van der Waals surface area contributed by atoms with Crippen LogP contribution in [0.1, 0.15) is 22.1 Å². The predicted octanol–water partition coefficient (Wildman–Crippen LogP) is 2.83. The van der Waals surface area contributed by atoms with Gasteiger partial charge in [0.15, 0.2) is 5.69 Å². The van der Waals surface area contributed by atoms with E-state index in [1.54, 1.807) is 11.3 Å². The van der Waals surface area contributed by atoms with Crippen molar-refractivity contribution in [1.82, 2.24) is 20.1 Å². The lowest BCUT2D eigenvalue weighted by molar-refractivity contribution is -0.141. The zero-order chi connectivity index (χ0) is 14.0. The van der Waals surface area contributed by atoms with Crippen molar-refractivity contribution in [3.8, 4) is 0 Å². The third-order valence-corrected chi connectivity index (χ3v) is 3.28. The number of hydrogen-bond donors (Lipinski definition) is 1. The van der Waals surface area contributed by atoms with E-state index in [9.17, 15) is 13.2 Å². The number of thiazole rings is 1. The Morgan fingerprint density at radius 2 is 2.11 bits per heavy atom. The summed E-state index contributed by atoms with van der Waals surface area (Å²) >= 11 is 1.55. The second-order valence-corrected chi connectivity index (χ2v) is 5.37. The number of aryl methyl sites for hydroxylation is 1. The first-order chi connectivity index (χ1) is 8.84. The van der Waals surface area contributed by atoms with Crippen molar-refractivity contribution in [1.29, 1.82) is 0 Å². The molecule has 1 N–H and O–H groups in total. The van der Waals surface area contributed by atoms with E-state index in [2.05, 4.69) is 15.2 Å². The van der Waals surface area contributed by atoms with Crippen molar-refractivity contribution in [2.24, 2.45) is 0 Å². The van der Waals surface area contributed by atoms with E-state index in [0.29, 0.717) is 18.8 Å². The molecule has 104 valence electrons. The Bertz CT molecular complexity index is 546. The summed E-state index contributed by atoms with van der Waals surface area (Å²) in [5, 5.41) is 8.59. The van der Waals surface area contributed by atoms with Crippen molar-refractivity contribution < 1.29 is 13.2 Å². The van der Waals surface area contributed by atoms with E-state index in [-0.39, 0.29) is 0 Å². The molecule has 0 bridgehead atoms. The molecule has 2 aromatic heterocycles. The number of aromatic nitrogens is 3. The van der Waals surface area contributed by atoms with Crippen molar-refractivity contribution in [3.05, 3.63) is 33.5 Å². The monoisotopic (exact) mass is 290 g/mol. The number of alkyl halides is 3. The van der Waals surface area contributed by atoms with Crippen LogP contribution in [0.4, 0.5) is 13.2 Å². The minimum absolute atomic E-state index is 0.361. The molecular weight excluding hydrogens is 277 g/mol. The van der Waals surface area contributed by atoms with Gasteiger partial charge in [-0.2, -0.15) is 18.3 Å². The normalized spacial score (nSPS) is 12.3. The van der Waals surface area contributed by atoms with Crippen LogP contribution in [0.15, 0.2) is 11.4 Å². The van der Waals surface area contributed by atoms with Gasteiger partial charge in [0, 0.05) is 24.2 Å². The molecule has 0 fully saturated rings. The maximum Gasteiger partial charge on any atom is 0.435 e. The van der Waals surface area contributed by atoms with Gasteiger partial charge in [-0.1, -0.05) is 0 Å². The Hall–Kier alpha value is -1.41. The molecule has 0 aliphatic heterocycles. The first-order valence-corrected chi connectivity index (χ1v) is 6.43. The minimum Gasteiger partial charge on any atom is -0.295 e. The summed E-state index contributed by atoms with van der Waals surface area (Å²) in [6.45, 7) is 2.86. The molecule has 2 heterocycles. The van der Waals surface area contributed by atoms with Crippen molar-refractivity contribution in [3.63, 3.8) is 0 Å². The molecule has 0 atom stereocenters. The quantitative estimate of drug-likeness (QED) is 0.941. The molecule has 4 nitrogen and oxygen atoms in total. The summed E-state index contributed by atoms with van der Waals surface area (Å²) in [5.41, 5.74) is 0.461. The van der Waals surface area contributed by atoms with Gasteiger partial charge in [0.2, 0.25) is 0 Å². The molecule has 19 heavy (non-hydrogen) atoms. The Morgan fingerprint density at radius 1 is 1.37 bits per heavy atom. The smallest absolute Gasteiger partial charge is 0.295 e. The summed E-state index contributed by atoms with van der Waals surface area (Å²) in [5.74, 6) is 0. The Morgan fingerprint density at radius 3 is 2.63 bits per heavy atom. The first-order valence-electron chi connectivity index (χ1n) is 5.55. The van der Waals surface area contributed by atoms with Crippen LogP contribution >= 0.6 is 11.3 Å². The van der Waals surface area contributed by atoms with E-state index >= 15 is 0 Å². The van der Waals surface area contributed by atoms with Gasteiger partial charge in [-0.05, 0) is 20.0 Å². The lowest BCUT2D eigenvalue weighted by Gasteiger charge is -2.13. The molecule has 0 amide bonds. The molecule has 0 spiro atoms. The zero-order valence-electron chi connectivity index (χ0n) is 10.5. The molecular formula is C11H13F3N4S. The van der Waals surface area contributed by atoms with E-state index in [1.807, 2.05) is 24.3 Å². The summed E-state index contributed by atoms with van der Waals surface area (Å²) < 4.78 is 37.2. The number of nitrogens with zero attached hydrogens (tertiary/aromatic N) is 3. The van der Waals surface area contributed by atoms with Gasteiger partial charge in [-0.25, -0.2) is 4.98 Å². The highest BCUT2D eigenvalue weighted by atomic mass is 32.1. The Kier molecular flexibility index (Phi) is 3.91. The Labute approximate surface area is 112 Å². The van der Waals surface area contributed by atoms with Gasteiger partial charge in [0.05, 0.1) is 10.7 Å². The van der Waals surface area contributed by atoms with Gasteiger partial charge < -0.3 is 0 Å². The summed E-state index contributed by atoms with van der Waals surface area (Å²) in [6, 6.07) is 1.03. The molecule has 0 aliphatic carbocycles. The fourth-order valence-corrected chi connectivity index (χ4v) is 2.30. The molecule has 0 saturated carbocycles. The van der Waals surface area contributed by atoms with E-state index in [1.165, 1.54) is 0 Å². The van der Waals surface area contributed by atoms with Crippen LogP contribution in [0.2, 0.25) is 0 Å². The molecule has 0 aromatic carbocycles. The fraction of sp³-hybridized carbons (Fsp3) is 0.455. The maximum atomic E-state index is 12.4. The average molecular weight is 290 g/mol. The third kappa shape index (κ3) is 3.77. The average Bonchev–Trinajstić information content (AvgIpc) is 2.87.